The number of pyridine rings is 1. The van der Waals surface area contributed by atoms with Gasteiger partial charge in [-0.25, -0.2) is 0 Å². The smallest absolute Gasteiger partial charge is 0.222 e. The number of hydrogen-bond donors (Lipinski definition) is 0. The zero-order valence-corrected chi connectivity index (χ0v) is 16.7. The maximum atomic E-state index is 12.5. The molecule has 2 fully saturated rings. The molecule has 3 heterocycles. The molecular formula is C24H31N3O. The Morgan fingerprint density at radius 2 is 1.71 bits per heavy atom. The maximum Gasteiger partial charge on any atom is 0.222 e. The van der Waals surface area contributed by atoms with Gasteiger partial charge in [-0.05, 0) is 68.9 Å². The minimum Gasteiger partial charge on any atom is -0.341 e. The molecule has 0 N–H and O–H groups in total. The fourth-order valence-electron chi connectivity index (χ4n) is 4.61. The Morgan fingerprint density at radius 1 is 0.964 bits per heavy atom. The van der Waals surface area contributed by atoms with E-state index in [1.165, 1.54) is 50.9 Å². The minimum absolute atomic E-state index is 0.305. The zero-order chi connectivity index (χ0) is 19.2. The molecule has 2 aliphatic heterocycles. The average molecular weight is 378 g/mol. The van der Waals surface area contributed by atoms with E-state index in [1.807, 2.05) is 18.3 Å². The summed E-state index contributed by atoms with van der Waals surface area (Å²) in [4.78, 5) is 21.3. The summed E-state index contributed by atoms with van der Waals surface area (Å²) in [5, 5.41) is 0. The summed E-state index contributed by atoms with van der Waals surface area (Å²) in [6.45, 7) is 5.51. The SMILES string of the molecule is O=C(CCc1cccnc1)N1CC2(CCN(CCCc3ccccc3)CC2)C1. The van der Waals surface area contributed by atoms with Crippen LogP contribution in [0.1, 0.15) is 36.8 Å². The van der Waals surface area contributed by atoms with E-state index in [1.54, 1.807) is 6.20 Å². The fourth-order valence-corrected chi connectivity index (χ4v) is 4.61. The Kier molecular flexibility index (Phi) is 6.06. The van der Waals surface area contributed by atoms with Gasteiger partial charge < -0.3 is 9.80 Å². The highest BCUT2D eigenvalue weighted by molar-refractivity contribution is 5.77. The van der Waals surface area contributed by atoms with Crippen LogP contribution in [0.4, 0.5) is 0 Å². The van der Waals surface area contributed by atoms with Crippen LogP contribution in [0.2, 0.25) is 0 Å². The second kappa shape index (κ2) is 8.87. The molecule has 148 valence electrons. The molecule has 0 aliphatic carbocycles. The Morgan fingerprint density at radius 3 is 2.43 bits per heavy atom. The van der Waals surface area contributed by atoms with Crippen molar-refractivity contribution in [3.8, 4) is 0 Å². The topological polar surface area (TPSA) is 36.4 Å². The van der Waals surface area contributed by atoms with Crippen LogP contribution in [0, 0.1) is 5.41 Å². The van der Waals surface area contributed by atoms with Crippen molar-refractivity contribution in [3.63, 3.8) is 0 Å². The van der Waals surface area contributed by atoms with Crippen LogP contribution in [0.5, 0.6) is 0 Å². The van der Waals surface area contributed by atoms with Crippen molar-refractivity contribution < 1.29 is 4.79 Å². The lowest BCUT2D eigenvalue weighted by Gasteiger charge is -2.54. The third-order valence-corrected chi connectivity index (χ3v) is 6.45. The van der Waals surface area contributed by atoms with Gasteiger partial charge in [0.1, 0.15) is 0 Å². The lowest BCUT2D eigenvalue weighted by Crippen LogP contribution is -2.61. The summed E-state index contributed by atoms with van der Waals surface area (Å²) < 4.78 is 0. The quantitative estimate of drug-likeness (QED) is 0.740. The van der Waals surface area contributed by atoms with E-state index >= 15 is 0 Å². The van der Waals surface area contributed by atoms with Crippen LogP contribution in [0.15, 0.2) is 54.9 Å². The van der Waals surface area contributed by atoms with Crippen molar-refractivity contribution in [3.05, 3.63) is 66.0 Å². The predicted molar refractivity (Wildman–Crippen MR) is 112 cm³/mol. The number of aryl methyl sites for hydroxylation is 2. The number of hydrogen-bond acceptors (Lipinski definition) is 3. The standard InChI is InChI=1S/C24H31N3O/c28-23(11-10-22-8-4-14-25-18-22)27-19-24(20-27)12-16-26(17-13-24)15-5-9-21-6-2-1-3-7-21/h1-4,6-8,14,18H,5,9-13,15-17,19-20H2. The first-order valence-corrected chi connectivity index (χ1v) is 10.7. The van der Waals surface area contributed by atoms with Crippen molar-refractivity contribution in [2.24, 2.45) is 5.41 Å². The summed E-state index contributed by atoms with van der Waals surface area (Å²) >= 11 is 0. The van der Waals surface area contributed by atoms with Crippen molar-refractivity contribution in [1.82, 2.24) is 14.8 Å². The van der Waals surface area contributed by atoms with Gasteiger partial charge in [-0.2, -0.15) is 0 Å². The van der Waals surface area contributed by atoms with Gasteiger partial charge in [0.2, 0.25) is 5.91 Å². The molecule has 4 heteroatoms. The van der Waals surface area contributed by atoms with Crippen molar-refractivity contribution in [2.75, 3.05) is 32.7 Å². The van der Waals surface area contributed by atoms with E-state index in [0.29, 0.717) is 17.7 Å². The highest BCUT2D eigenvalue weighted by Gasteiger charge is 2.46. The molecule has 4 nitrogen and oxygen atoms in total. The van der Waals surface area contributed by atoms with Gasteiger partial charge >= 0.3 is 0 Å². The average Bonchev–Trinajstić information content (AvgIpc) is 2.72. The van der Waals surface area contributed by atoms with Gasteiger partial charge in [0.05, 0.1) is 0 Å². The van der Waals surface area contributed by atoms with Crippen molar-refractivity contribution in [1.29, 1.82) is 0 Å². The van der Waals surface area contributed by atoms with E-state index in [-0.39, 0.29) is 0 Å². The number of benzene rings is 1. The van der Waals surface area contributed by atoms with Gasteiger partial charge in [0, 0.05) is 37.3 Å². The van der Waals surface area contributed by atoms with Crippen LogP contribution in [0.25, 0.3) is 0 Å². The van der Waals surface area contributed by atoms with Gasteiger partial charge in [-0.3, -0.25) is 9.78 Å². The predicted octanol–water partition coefficient (Wildman–Crippen LogP) is 3.57. The van der Waals surface area contributed by atoms with Crippen LogP contribution in [-0.4, -0.2) is 53.4 Å². The molecule has 2 aromatic rings. The lowest BCUT2D eigenvalue weighted by molar-refractivity contribution is -0.146. The van der Waals surface area contributed by atoms with E-state index in [4.69, 9.17) is 0 Å². The number of piperidine rings is 1. The van der Waals surface area contributed by atoms with Gasteiger partial charge in [0.15, 0.2) is 0 Å². The number of nitrogens with zero attached hydrogens (tertiary/aromatic N) is 3. The van der Waals surface area contributed by atoms with Gasteiger partial charge in [-0.1, -0.05) is 36.4 Å². The molecule has 0 radical (unpaired) electrons. The van der Waals surface area contributed by atoms with Crippen LogP contribution in [0.3, 0.4) is 0 Å². The zero-order valence-electron chi connectivity index (χ0n) is 16.7. The van der Waals surface area contributed by atoms with E-state index < -0.39 is 0 Å². The maximum absolute atomic E-state index is 12.5. The Labute approximate surface area is 168 Å². The minimum atomic E-state index is 0.305. The summed E-state index contributed by atoms with van der Waals surface area (Å²) in [7, 11) is 0. The second-order valence-electron chi connectivity index (χ2n) is 8.54. The molecule has 2 saturated heterocycles. The van der Waals surface area contributed by atoms with Crippen molar-refractivity contribution >= 4 is 5.91 Å². The number of likely N-dealkylation sites (tertiary alicyclic amines) is 2. The van der Waals surface area contributed by atoms with Crippen LogP contribution in [-0.2, 0) is 17.6 Å². The van der Waals surface area contributed by atoms with E-state index in [9.17, 15) is 4.79 Å². The largest absolute Gasteiger partial charge is 0.341 e. The molecular weight excluding hydrogens is 346 g/mol. The number of rotatable bonds is 7. The Bertz CT molecular complexity index is 746. The van der Waals surface area contributed by atoms with Crippen molar-refractivity contribution in [2.45, 2.75) is 38.5 Å². The second-order valence-corrected chi connectivity index (χ2v) is 8.54. The number of carbonyl (C=O) groups is 1. The molecule has 1 aromatic heterocycles. The monoisotopic (exact) mass is 377 g/mol. The molecule has 1 spiro atoms. The summed E-state index contributed by atoms with van der Waals surface area (Å²) in [5.74, 6) is 0.305. The molecule has 1 amide bonds. The Balaban J connectivity index is 1.13. The van der Waals surface area contributed by atoms with Gasteiger partial charge in [-0.15, -0.1) is 0 Å². The van der Waals surface area contributed by atoms with E-state index in [2.05, 4.69) is 45.1 Å². The number of aromatic nitrogens is 1. The van der Waals surface area contributed by atoms with Crippen LogP contribution >= 0.6 is 0 Å². The van der Waals surface area contributed by atoms with E-state index in [0.717, 1.165) is 25.1 Å². The summed E-state index contributed by atoms with van der Waals surface area (Å²) in [6.07, 6.45) is 9.92. The molecule has 0 atom stereocenters. The fraction of sp³-hybridized carbons (Fsp3) is 0.500. The lowest BCUT2D eigenvalue weighted by atomic mass is 9.72. The number of amides is 1. The molecule has 4 rings (SSSR count). The third kappa shape index (κ3) is 4.79. The normalized spacial score (nSPS) is 18.8. The van der Waals surface area contributed by atoms with Crippen LogP contribution < -0.4 is 0 Å². The molecule has 0 bridgehead atoms. The summed E-state index contributed by atoms with van der Waals surface area (Å²) in [5.41, 5.74) is 2.99. The third-order valence-electron chi connectivity index (χ3n) is 6.45. The van der Waals surface area contributed by atoms with Gasteiger partial charge in [0.25, 0.3) is 0 Å². The molecule has 0 saturated carbocycles. The highest BCUT2D eigenvalue weighted by Crippen LogP contribution is 2.40. The Hall–Kier alpha value is -2.20. The molecule has 0 unspecified atom stereocenters. The molecule has 2 aliphatic rings. The molecule has 1 aromatic carbocycles. The first kappa shape index (κ1) is 19.1. The first-order chi connectivity index (χ1) is 13.7. The molecule has 28 heavy (non-hydrogen) atoms. The number of carbonyl (C=O) groups excluding carboxylic acids is 1. The summed E-state index contributed by atoms with van der Waals surface area (Å²) in [6, 6.07) is 14.8. The first-order valence-electron chi connectivity index (χ1n) is 10.7. The highest BCUT2D eigenvalue weighted by atomic mass is 16.2.